The highest BCUT2D eigenvalue weighted by molar-refractivity contribution is 5.59. The summed E-state index contributed by atoms with van der Waals surface area (Å²) >= 11 is 0. The van der Waals surface area contributed by atoms with E-state index in [0.717, 1.165) is 11.4 Å². The Morgan fingerprint density at radius 3 is 2.47 bits per heavy atom. The first-order valence-electron chi connectivity index (χ1n) is 7.18. The molecule has 1 saturated carbocycles. The molecule has 0 aromatic heterocycles. The van der Waals surface area contributed by atoms with Crippen molar-refractivity contribution >= 4 is 5.69 Å². The Morgan fingerprint density at radius 2 is 1.84 bits per heavy atom. The second kappa shape index (κ2) is 7.04. The number of nitrogens with zero attached hydrogens (tertiary/aromatic N) is 1. The molecule has 0 spiro atoms. The Bertz CT molecular complexity index is 443. The van der Waals surface area contributed by atoms with Crippen molar-refractivity contribution in [2.24, 2.45) is 0 Å². The molecule has 0 aliphatic heterocycles. The molecule has 0 saturated heterocycles. The van der Waals surface area contributed by atoms with Crippen LogP contribution in [0.1, 0.15) is 50.5 Å². The molecule has 0 radical (unpaired) electrons. The summed E-state index contributed by atoms with van der Waals surface area (Å²) in [7, 11) is 1.65. The van der Waals surface area contributed by atoms with E-state index in [1.54, 1.807) is 13.2 Å². The predicted molar refractivity (Wildman–Crippen MR) is 77.4 cm³/mol. The van der Waals surface area contributed by atoms with Gasteiger partial charge in [0.1, 0.15) is 5.75 Å². The van der Waals surface area contributed by atoms with Crippen molar-refractivity contribution in [3.63, 3.8) is 0 Å². The van der Waals surface area contributed by atoms with Crippen molar-refractivity contribution in [2.45, 2.75) is 51.0 Å². The highest BCUT2D eigenvalue weighted by Crippen LogP contribution is 2.28. The minimum Gasteiger partial charge on any atom is -0.495 e. The molecule has 102 valence electrons. The first-order chi connectivity index (χ1) is 9.33. The standard InChI is InChI=1S/C16H22N2O/c1-19-16-11-13(12-17)9-10-15(16)18-14-7-5-3-2-4-6-8-14/h9-11,14,18H,2-8H2,1H3. The molecule has 1 N–H and O–H groups in total. The van der Waals surface area contributed by atoms with E-state index in [2.05, 4.69) is 11.4 Å². The van der Waals surface area contributed by atoms with Gasteiger partial charge in [0.15, 0.2) is 0 Å². The number of nitriles is 1. The first-order valence-corrected chi connectivity index (χ1v) is 7.18. The minimum atomic E-state index is 0.530. The number of hydrogen-bond acceptors (Lipinski definition) is 3. The summed E-state index contributed by atoms with van der Waals surface area (Å²) in [6, 6.07) is 8.27. The third-order valence-electron chi connectivity index (χ3n) is 3.80. The van der Waals surface area contributed by atoms with Crippen LogP contribution in [0.3, 0.4) is 0 Å². The topological polar surface area (TPSA) is 45.0 Å². The van der Waals surface area contributed by atoms with Crippen LogP contribution < -0.4 is 10.1 Å². The molecule has 3 nitrogen and oxygen atoms in total. The van der Waals surface area contributed by atoms with Crippen molar-refractivity contribution in [3.05, 3.63) is 23.8 Å². The van der Waals surface area contributed by atoms with E-state index in [-0.39, 0.29) is 0 Å². The number of hydrogen-bond donors (Lipinski definition) is 1. The van der Waals surface area contributed by atoms with Gasteiger partial charge < -0.3 is 10.1 Å². The zero-order chi connectivity index (χ0) is 13.5. The maximum Gasteiger partial charge on any atom is 0.143 e. The highest BCUT2D eigenvalue weighted by atomic mass is 16.5. The quantitative estimate of drug-likeness (QED) is 0.888. The van der Waals surface area contributed by atoms with Crippen LogP contribution in [0, 0.1) is 11.3 Å². The number of methoxy groups -OCH3 is 1. The van der Waals surface area contributed by atoms with Gasteiger partial charge in [-0.15, -0.1) is 0 Å². The molecule has 2 rings (SSSR count). The largest absolute Gasteiger partial charge is 0.495 e. The maximum absolute atomic E-state index is 8.91. The number of anilines is 1. The fourth-order valence-corrected chi connectivity index (χ4v) is 2.70. The number of nitrogens with one attached hydrogen (secondary N) is 1. The van der Waals surface area contributed by atoms with Crippen molar-refractivity contribution in [2.75, 3.05) is 12.4 Å². The summed E-state index contributed by atoms with van der Waals surface area (Å²) in [6.07, 6.45) is 9.14. The van der Waals surface area contributed by atoms with E-state index in [4.69, 9.17) is 10.00 Å². The summed E-state index contributed by atoms with van der Waals surface area (Å²) in [5, 5.41) is 12.5. The number of ether oxygens (including phenoxy) is 1. The Kier molecular flexibility index (Phi) is 5.09. The summed E-state index contributed by atoms with van der Waals surface area (Å²) in [5.41, 5.74) is 1.65. The average molecular weight is 258 g/mol. The number of rotatable bonds is 3. The van der Waals surface area contributed by atoms with Crippen molar-refractivity contribution < 1.29 is 4.74 Å². The molecular weight excluding hydrogens is 236 g/mol. The zero-order valence-electron chi connectivity index (χ0n) is 11.6. The van der Waals surface area contributed by atoms with Crippen LogP contribution in [0.4, 0.5) is 5.69 Å². The van der Waals surface area contributed by atoms with E-state index in [1.165, 1.54) is 44.9 Å². The minimum absolute atomic E-state index is 0.530. The van der Waals surface area contributed by atoms with Gasteiger partial charge in [-0.05, 0) is 25.0 Å². The van der Waals surface area contributed by atoms with Crippen LogP contribution in [0.2, 0.25) is 0 Å². The molecule has 0 amide bonds. The van der Waals surface area contributed by atoms with Crippen LogP contribution in [-0.2, 0) is 0 Å². The Balaban J connectivity index is 2.06. The highest BCUT2D eigenvalue weighted by Gasteiger charge is 2.13. The second-order valence-electron chi connectivity index (χ2n) is 5.21. The molecular formula is C16H22N2O. The summed E-state index contributed by atoms with van der Waals surface area (Å²) < 4.78 is 5.37. The normalized spacial score (nSPS) is 17.1. The fraction of sp³-hybridized carbons (Fsp3) is 0.562. The summed E-state index contributed by atoms with van der Waals surface area (Å²) in [6.45, 7) is 0. The van der Waals surface area contributed by atoms with Crippen molar-refractivity contribution in [1.29, 1.82) is 5.26 Å². The van der Waals surface area contributed by atoms with E-state index in [0.29, 0.717) is 11.6 Å². The Labute approximate surface area is 115 Å². The third-order valence-corrected chi connectivity index (χ3v) is 3.80. The lowest BCUT2D eigenvalue weighted by Gasteiger charge is -2.23. The van der Waals surface area contributed by atoms with Crippen LogP contribution in [-0.4, -0.2) is 13.2 Å². The Morgan fingerprint density at radius 1 is 1.16 bits per heavy atom. The fourth-order valence-electron chi connectivity index (χ4n) is 2.70. The first kappa shape index (κ1) is 13.7. The van der Waals surface area contributed by atoms with Gasteiger partial charge in [-0.3, -0.25) is 0 Å². The van der Waals surface area contributed by atoms with Gasteiger partial charge in [0, 0.05) is 12.1 Å². The van der Waals surface area contributed by atoms with Gasteiger partial charge >= 0.3 is 0 Å². The molecule has 0 unspecified atom stereocenters. The molecule has 1 aromatic carbocycles. The summed E-state index contributed by atoms with van der Waals surface area (Å²) in [5.74, 6) is 0.765. The molecule has 0 heterocycles. The van der Waals surface area contributed by atoms with Gasteiger partial charge in [0.25, 0.3) is 0 Å². The van der Waals surface area contributed by atoms with Gasteiger partial charge in [0.05, 0.1) is 24.4 Å². The number of benzene rings is 1. The van der Waals surface area contributed by atoms with E-state index < -0.39 is 0 Å². The smallest absolute Gasteiger partial charge is 0.143 e. The van der Waals surface area contributed by atoms with E-state index >= 15 is 0 Å². The van der Waals surface area contributed by atoms with Gasteiger partial charge in [-0.1, -0.05) is 32.1 Å². The van der Waals surface area contributed by atoms with Crippen molar-refractivity contribution in [3.8, 4) is 11.8 Å². The summed E-state index contributed by atoms with van der Waals surface area (Å²) in [4.78, 5) is 0. The second-order valence-corrected chi connectivity index (χ2v) is 5.21. The van der Waals surface area contributed by atoms with Gasteiger partial charge in [-0.2, -0.15) is 5.26 Å². The van der Waals surface area contributed by atoms with E-state index in [9.17, 15) is 0 Å². The molecule has 1 fully saturated rings. The zero-order valence-corrected chi connectivity index (χ0v) is 11.6. The molecule has 19 heavy (non-hydrogen) atoms. The van der Waals surface area contributed by atoms with Crippen LogP contribution >= 0.6 is 0 Å². The molecule has 0 atom stereocenters. The molecule has 0 bridgehead atoms. The molecule has 1 aliphatic carbocycles. The van der Waals surface area contributed by atoms with Crippen LogP contribution in [0.25, 0.3) is 0 Å². The predicted octanol–water partition coefficient (Wildman–Crippen LogP) is 4.09. The maximum atomic E-state index is 8.91. The lowest BCUT2D eigenvalue weighted by atomic mass is 9.96. The monoisotopic (exact) mass is 258 g/mol. The van der Waals surface area contributed by atoms with Crippen molar-refractivity contribution in [1.82, 2.24) is 0 Å². The molecule has 3 heteroatoms. The Hall–Kier alpha value is -1.69. The SMILES string of the molecule is COc1cc(C#N)ccc1NC1CCCCCCC1. The van der Waals surface area contributed by atoms with Gasteiger partial charge in [-0.25, -0.2) is 0 Å². The lowest BCUT2D eigenvalue weighted by Crippen LogP contribution is -2.20. The van der Waals surface area contributed by atoms with Crippen LogP contribution in [0.5, 0.6) is 5.75 Å². The lowest BCUT2D eigenvalue weighted by molar-refractivity contribution is 0.414. The van der Waals surface area contributed by atoms with E-state index in [1.807, 2.05) is 12.1 Å². The molecule has 1 aliphatic rings. The third kappa shape index (κ3) is 3.89. The van der Waals surface area contributed by atoms with Crippen LogP contribution in [0.15, 0.2) is 18.2 Å². The molecule has 1 aromatic rings. The average Bonchev–Trinajstić information content (AvgIpc) is 2.42. The van der Waals surface area contributed by atoms with Gasteiger partial charge in [0.2, 0.25) is 0 Å².